The van der Waals surface area contributed by atoms with E-state index >= 15 is 0 Å². The zero-order chi connectivity index (χ0) is 13.8. The Labute approximate surface area is 113 Å². The van der Waals surface area contributed by atoms with E-state index in [4.69, 9.17) is 0 Å². The molecule has 1 aromatic heterocycles. The van der Waals surface area contributed by atoms with E-state index in [1.54, 1.807) is 37.3 Å². The molecule has 0 atom stereocenters. The molecule has 0 aliphatic carbocycles. The second kappa shape index (κ2) is 5.52. The Balaban J connectivity index is 2.31. The number of anilines is 2. The fourth-order valence-corrected chi connectivity index (χ4v) is 1.94. The summed E-state index contributed by atoms with van der Waals surface area (Å²) in [5.41, 5.74) is 2.60. The van der Waals surface area contributed by atoms with Gasteiger partial charge < -0.3 is 10.2 Å². The maximum atomic E-state index is 12.4. The zero-order valence-electron chi connectivity index (χ0n) is 11.3. The highest BCUT2D eigenvalue weighted by Gasteiger charge is 2.15. The summed E-state index contributed by atoms with van der Waals surface area (Å²) in [6.45, 7) is 1.99. The monoisotopic (exact) mass is 255 g/mol. The summed E-state index contributed by atoms with van der Waals surface area (Å²) in [6, 6.07) is 11.3. The molecule has 4 heteroatoms. The van der Waals surface area contributed by atoms with Crippen LogP contribution < -0.4 is 10.2 Å². The number of nitrogens with one attached hydrogen (secondary N) is 1. The van der Waals surface area contributed by atoms with E-state index in [1.807, 2.05) is 31.2 Å². The van der Waals surface area contributed by atoms with Gasteiger partial charge in [-0.1, -0.05) is 18.2 Å². The molecule has 0 aliphatic heterocycles. The fourth-order valence-electron chi connectivity index (χ4n) is 1.94. The average Bonchev–Trinajstić information content (AvgIpc) is 2.46. The van der Waals surface area contributed by atoms with Crippen molar-refractivity contribution in [2.24, 2.45) is 0 Å². The van der Waals surface area contributed by atoms with Gasteiger partial charge in [-0.3, -0.25) is 4.79 Å². The molecule has 1 aromatic carbocycles. The minimum atomic E-state index is -0.0480. The Morgan fingerprint density at radius 1 is 1.26 bits per heavy atom. The average molecular weight is 255 g/mol. The van der Waals surface area contributed by atoms with Gasteiger partial charge >= 0.3 is 0 Å². The summed E-state index contributed by atoms with van der Waals surface area (Å²) >= 11 is 0. The number of rotatable bonds is 3. The maximum absolute atomic E-state index is 12.4. The quantitative estimate of drug-likeness (QED) is 0.917. The van der Waals surface area contributed by atoms with Crippen LogP contribution in [0.5, 0.6) is 0 Å². The summed E-state index contributed by atoms with van der Waals surface area (Å²) in [5, 5.41) is 2.93. The Morgan fingerprint density at radius 3 is 2.68 bits per heavy atom. The van der Waals surface area contributed by atoms with Crippen LogP contribution in [0.25, 0.3) is 0 Å². The van der Waals surface area contributed by atoms with E-state index < -0.39 is 0 Å². The smallest absolute Gasteiger partial charge is 0.258 e. The van der Waals surface area contributed by atoms with Crippen molar-refractivity contribution in [2.75, 3.05) is 24.3 Å². The van der Waals surface area contributed by atoms with Crippen LogP contribution >= 0.6 is 0 Å². The van der Waals surface area contributed by atoms with E-state index in [-0.39, 0.29) is 5.91 Å². The van der Waals surface area contributed by atoms with Gasteiger partial charge in [0.05, 0.1) is 0 Å². The van der Waals surface area contributed by atoms with Crippen LogP contribution in [0.4, 0.5) is 11.5 Å². The van der Waals surface area contributed by atoms with E-state index in [0.717, 1.165) is 11.3 Å². The summed E-state index contributed by atoms with van der Waals surface area (Å²) in [4.78, 5) is 18.2. The van der Waals surface area contributed by atoms with E-state index in [9.17, 15) is 4.79 Å². The van der Waals surface area contributed by atoms with Crippen LogP contribution in [0, 0.1) is 6.92 Å². The molecule has 4 nitrogen and oxygen atoms in total. The Hall–Kier alpha value is -2.36. The van der Waals surface area contributed by atoms with E-state index in [1.165, 1.54) is 0 Å². The van der Waals surface area contributed by atoms with Crippen LogP contribution in [-0.4, -0.2) is 25.0 Å². The van der Waals surface area contributed by atoms with Crippen molar-refractivity contribution >= 4 is 17.4 Å². The normalized spacial score (nSPS) is 10.1. The number of pyridine rings is 1. The van der Waals surface area contributed by atoms with Gasteiger partial charge in [0.2, 0.25) is 0 Å². The summed E-state index contributed by atoms with van der Waals surface area (Å²) in [6.07, 6.45) is 1.63. The lowest BCUT2D eigenvalue weighted by Crippen LogP contribution is -2.27. The highest BCUT2D eigenvalue weighted by Crippen LogP contribution is 2.20. The molecule has 0 bridgehead atoms. The molecule has 1 heterocycles. The Morgan fingerprint density at radius 2 is 2.00 bits per heavy atom. The van der Waals surface area contributed by atoms with Gasteiger partial charge in [0.25, 0.3) is 5.91 Å². The van der Waals surface area contributed by atoms with Gasteiger partial charge in [-0.05, 0) is 30.7 Å². The number of aryl methyl sites for hydroxylation is 1. The topological polar surface area (TPSA) is 45.2 Å². The lowest BCUT2D eigenvalue weighted by atomic mass is 10.1. The minimum Gasteiger partial charge on any atom is -0.373 e. The Kier molecular flexibility index (Phi) is 3.80. The van der Waals surface area contributed by atoms with Crippen molar-refractivity contribution in [3.8, 4) is 0 Å². The van der Waals surface area contributed by atoms with Crippen LogP contribution in [0.3, 0.4) is 0 Å². The van der Waals surface area contributed by atoms with Crippen molar-refractivity contribution in [1.82, 2.24) is 4.98 Å². The van der Waals surface area contributed by atoms with Gasteiger partial charge in [0.15, 0.2) is 0 Å². The lowest BCUT2D eigenvalue weighted by Gasteiger charge is -2.19. The Bertz CT molecular complexity index is 595. The second-order valence-electron chi connectivity index (χ2n) is 4.33. The summed E-state index contributed by atoms with van der Waals surface area (Å²) in [7, 11) is 3.56. The molecule has 0 saturated heterocycles. The minimum absolute atomic E-state index is 0.0480. The van der Waals surface area contributed by atoms with Gasteiger partial charge in [-0.2, -0.15) is 0 Å². The third kappa shape index (κ3) is 2.73. The van der Waals surface area contributed by atoms with E-state index in [0.29, 0.717) is 11.4 Å². The maximum Gasteiger partial charge on any atom is 0.258 e. The number of hydrogen-bond donors (Lipinski definition) is 1. The first-order valence-corrected chi connectivity index (χ1v) is 6.11. The van der Waals surface area contributed by atoms with Gasteiger partial charge in [0.1, 0.15) is 5.82 Å². The number of benzene rings is 1. The van der Waals surface area contributed by atoms with Gasteiger partial charge in [-0.25, -0.2) is 4.98 Å². The van der Waals surface area contributed by atoms with Crippen molar-refractivity contribution in [3.05, 3.63) is 53.7 Å². The molecule has 0 saturated carbocycles. The van der Waals surface area contributed by atoms with Crippen LogP contribution in [-0.2, 0) is 0 Å². The predicted octanol–water partition coefficient (Wildman–Crippen LogP) is 2.71. The molecule has 19 heavy (non-hydrogen) atoms. The molecular formula is C15H17N3O. The molecule has 0 aliphatic rings. The zero-order valence-corrected chi connectivity index (χ0v) is 11.3. The first kappa shape index (κ1) is 13.1. The fraction of sp³-hybridized carbons (Fsp3) is 0.200. The molecule has 2 rings (SSSR count). The number of nitrogens with zero attached hydrogens (tertiary/aromatic N) is 2. The highest BCUT2D eigenvalue weighted by atomic mass is 16.2. The second-order valence-corrected chi connectivity index (χ2v) is 4.33. The standard InChI is InChI=1S/C15H17N3O/c1-11-6-4-5-7-13(11)18(3)15(19)12-8-9-17-14(10-12)16-2/h4-10H,1-3H3,(H,16,17). The first-order valence-electron chi connectivity index (χ1n) is 6.11. The molecular weight excluding hydrogens is 238 g/mol. The van der Waals surface area contributed by atoms with Crippen LogP contribution in [0.2, 0.25) is 0 Å². The lowest BCUT2D eigenvalue weighted by molar-refractivity contribution is 0.0993. The van der Waals surface area contributed by atoms with Gasteiger partial charge in [-0.15, -0.1) is 0 Å². The number of hydrogen-bond acceptors (Lipinski definition) is 3. The van der Waals surface area contributed by atoms with E-state index in [2.05, 4.69) is 10.3 Å². The SMILES string of the molecule is CNc1cc(C(=O)N(C)c2ccccc2C)ccn1. The molecule has 98 valence electrons. The number of aromatic nitrogens is 1. The predicted molar refractivity (Wildman–Crippen MR) is 77.7 cm³/mol. The number of carbonyl (C=O) groups excluding carboxylic acids is 1. The third-order valence-corrected chi connectivity index (χ3v) is 3.04. The molecule has 2 aromatic rings. The summed E-state index contributed by atoms with van der Waals surface area (Å²) < 4.78 is 0. The van der Waals surface area contributed by atoms with Crippen LogP contribution in [0.1, 0.15) is 15.9 Å². The van der Waals surface area contributed by atoms with Crippen molar-refractivity contribution in [3.63, 3.8) is 0 Å². The van der Waals surface area contributed by atoms with Crippen molar-refractivity contribution in [1.29, 1.82) is 0 Å². The molecule has 0 fully saturated rings. The van der Waals surface area contributed by atoms with Crippen LogP contribution in [0.15, 0.2) is 42.6 Å². The highest BCUT2D eigenvalue weighted by molar-refractivity contribution is 6.06. The van der Waals surface area contributed by atoms with Crippen molar-refractivity contribution in [2.45, 2.75) is 6.92 Å². The molecule has 1 amide bonds. The van der Waals surface area contributed by atoms with Crippen molar-refractivity contribution < 1.29 is 4.79 Å². The number of para-hydroxylation sites is 1. The molecule has 0 spiro atoms. The molecule has 1 N–H and O–H groups in total. The summed E-state index contributed by atoms with van der Waals surface area (Å²) in [5.74, 6) is 0.636. The molecule has 0 unspecified atom stereocenters. The van der Waals surface area contributed by atoms with Gasteiger partial charge in [0, 0.05) is 31.5 Å². The number of carbonyl (C=O) groups is 1. The first-order chi connectivity index (χ1) is 9.13. The third-order valence-electron chi connectivity index (χ3n) is 3.04. The molecule has 0 radical (unpaired) electrons. The number of amides is 1. The largest absolute Gasteiger partial charge is 0.373 e.